The van der Waals surface area contributed by atoms with Crippen molar-refractivity contribution in [3.05, 3.63) is 95.1 Å². The van der Waals surface area contributed by atoms with Crippen LogP contribution in [0, 0.1) is 0 Å². The third-order valence-corrected chi connectivity index (χ3v) is 5.03. The molecule has 2 heteroatoms. The molecule has 3 rings (SSSR count). The molecule has 0 fully saturated rings. The number of hydrogen-bond acceptors (Lipinski definition) is 2. The normalized spacial score (nSPS) is 13.3. The summed E-state index contributed by atoms with van der Waals surface area (Å²) in [6.45, 7) is 4.57. The molecule has 0 amide bonds. The molecule has 0 radical (unpaired) electrons. The molecule has 0 bridgehead atoms. The van der Waals surface area contributed by atoms with Crippen LogP contribution >= 0.6 is 0 Å². The number of benzene rings is 3. The molecule has 3 aromatic rings. The van der Waals surface area contributed by atoms with Crippen molar-refractivity contribution in [3.8, 4) is 0 Å². The lowest BCUT2D eigenvalue weighted by molar-refractivity contribution is 0.735. The molecule has 0 heterocycles. The first kappa shape index (κ1) is 18.1. The maximum absolute atomic E-state index is 5.91. The number of anilines is 2. The van der Waals surface area contributed by atoms with Gasteiger partial charge in [-0.2, -0.15) is 0 Å². The molecule has 4 N–H and O–H groups in total. The summed E-state index contributed by atoms with van der Waals surface area (Å²) >= 11 is 0. The van der Waals surface area contributed by atoms with Gasteiger partial charge in [0.15, 0.2) is 0 Å². The smallest absolute Gasteiger partial charge is 0.0316 e. The summed E-state index contributed by atoms with van der Waals surface area (Å²) < 4.78 is 0. The molecule has 0 aromatic heterocycles. The van der Waals surface area contributed by atoms with Crippen LogP contribution in [0.5, 0.6) is 0 Å². The van der Waals surface area contributed by atoms with Crippen molar-refractivity contribution in [2.75, 3.05) is 11.5 Å². The van der Waals surface area contributed by atoms with Crippen LogP contribution in [-0.4, -0.2) is 0 Å². The molecule has 0 spiro atoms. The number of hydrogen-bond donors (Lipinski definition) is 2. The molecular weight excluding hydrogens is 316 g/mol. The molecule has 2 nitrogen and oxygen atoms in total. The number of rotatable bonds is 6. The fraction of sp³-hybridized carbons (Fsp3) is 0.250. The average Bonchev–Trinajstić information content (AvgIpc) is 2.62. The van der Waals surface area contributed by atoms with Crippen LogP contribution in [-0.2, 0) is 12.8 Å². The molecule has 2 unspecified atom stereocenters. The molecule has 0 saturated carbocycles. The van der Waals surface area contributed by atoms with Crippen LogP contribution in [0.25, 0.3) is 0 Å². The highest BCUT2D eigenvalue weighted by Gasteiger charge is 2.11. The molecule has 0 aliphatic rings. The van der Waals surface area contributed by atoms with E-state index in [0.29, 0.717) is 11.8 Å². The van der Waals surface area contributed by atoms with Gasteiger partial charge in [0.05, 0.1) is 0 Å². The molecular formula is C24H28N2. The van der Waals surface area contributed by atoms with E-state index in [1.165, 1.54) is 22.3 Å². The van der Waals surface area contributed by atoms with Crippen molar-refractivity contribution in [2.24, 2.45) is 0 Å². The Kier molecular flexibility index (Phi) is 5.62. The topological polar surface area (TPSA) is 52.0 Å². The van der Waals surface area contributed by atoms with Crippen molar-refractivity contribution in [3.63, 3.8) is 0 Å². The van der Waals surface area contributed by atoms with Gasteiger partial charge in [-0.3, -0.25) is 0 Å². The second kappa shape index (κ2) is 8.09. The Hall–Kier alpha value is -2.74. The first-order valence-electron chi connectivity index (χ1n) is 9.30. The minimum atomic E-state index is 0.455. The molecule has 2 atom stereocenters. The van der Waals surface area contributed by atoms with Crippen LogP contribution in [0.1, 0.15) is 47.9 Å². The van der Waals surface area contributed by atoms with Crippen molar-refractivity contribution in [1.29, 1.82) is 0 Å². The van der Waals surface area contributed by atoms with Gasteiger partial charge in [-0.25, -0.2) is 0 Å². The van der Waals surface area contributed by atoms with Crippen molar-refractivity contribution in [1.82, 2.24) is 0 Å². The van der Waals surface area contributed by atoms with E-state index in [1.54, 1.807) is 0 Å². The second-order valence-electron chi connectivity index (χ2n) is 7.37. The maximum atomic E-state index is 5.91. The zero-order valence-electron chi connectivity index (χ0n) is 15.7. The lowest BCUT2D eigenvalue weighted by Gasteiger charge is -2.17. The van der Waals surface area contributed by atoms with Gasteiger partial charge in [0, 0.05) is 11.4 Å². The SMILES string of the molecule is CC(Cc1cccc(N)c1)c1cccc(C(C)Cc2cccc(N)c2)c1. The van der Waals surface area contributed by atoms with Crippen LogP contribution in [0.2, 0.25) is 0 Å². The van der Waals surface area contributed by atoms with Crippen molar-refractivity contribution >= 4 is 11.4 Å². The van der Waals surface area contributed by atoms with E-state index in [2.05, 4.69) is 62.4 Å². The van der Waals surface area contributed by atoms with Gasteiger partial charge in [-0.05, 0) is 71.2 Å². The monoisotopic (exact) mass is 344 g/mol. The van der Waals surface area contributed by atoms with E-state index in [4.69, 9.17) is 11.5 Å². The average molecular weight is 345 g/mol. The maximum Gasteiger partial charge on any atom is 0.0316 e. The van der Waals surface area contributed by atoms with E-state index in [-0.39, 0.29) is 0 Å². The molecule has 134 valence electrons. The van der Waals surface area contributed by atoms with Gasteiger partial charge in [0.2, 0.25) is 0 Å². The quantitative estimate of drug-likeness (QED) is 0.577. The molecule has 26 heavy (non-hydrogen) atoms. The van der Waals surface area contributed by atoms with Gasteiger partial charge in [0.1, 0.15) is 0 Å². The minimum Gasteiger partial charge on any atom is -0.399 e. The van der Waals surface area contributed by atoms with Crippen LogP contribution in [0.3, 0.4) is 0 Å². The zero-order chi connectivity index (χ0) is 18.5. The van der Waals surface area contributed by atoms with Gasteiger partial charge >= 0.3 is 0 Å². The summed E-state index contributed by atoms with van der Waals surface area (Å²) in [6, 6.07) is 25.4. The number of nitrogen functional groups attached to an aromatic ring is 2. The molecule has 0 aliphatic carbocycles. The lowest BCUT2D eigenvalue weighted by Crippen LogP contribution is -2.03. The van der Waals surface area contributed by atoms with Crippen molar-refractivity contribution < 1.29 is 0 Å². The van der Waals surface area contributed by atoms with Crippen LogP contribution in [0.15, 0.2) is 72.8 Å². The zero-order valence-corrected chi connectivity index (χ0v) is 15.7. The summed E-state index contributed by atoms with van der Waals surface area (Å²) in [7, 11) is 0. The Labute approximate surface area is 156 Å². The third kappa shape index (κ3) is 4.66. The Balaban J connectivity index is 1.72. The molecule has 3 aromatic carbocycles. The standard InChI is InChI=1S/C24H28N2/c1-17(12-19-6-3-10-23(25)14-19)21-8-5-9-22(16-21)18(2)13-20-7-4-11-24(26)15-20/h3-11,14-18H,12-13,25-26H2,1-2H3. The number of nitrogens with two attached hydrogens (primary N) is 2. The van der Waals surface area contributed by atoms with Crippen LogP contribution in [0.4, 0.5) is 11.4 Å². The largest absolute Gasteiger partial charge is 0.399 e. The Morgan fingerprint density at radius 2 is 1.04 bits per heavy atom. The van der Waals surface area contributed by atoms with Gasteiger partial charge in [0.25, 0.3) is 0 Å². The Morgan fingerprint density at radius 1 is 0.615 bits per heavy atom. The van der Waals surface area contributed by atoms with Crippen molar-refractivity contribution in [2.45, 2.75) is 38.5 Å². The highest BCUT2D eigenvalue weighted by atomic mass is 14.5. The highest BCUT2D eigenvalue weighted by Crippen LogP contribution is 2.27. The van der Waals surface area contributed by atoms with E-state index in [9.17, 15) is 0 Å². The van der Waals surface area contributed by atoms with Gasteiger partial charge in [-0.1, -0.05) is 62.4 Å². The second-order valence-corrected chi connectivity index (χ2v) is 7.37. The van der Waals surface area contributed by atoms with Crippen LogP contribution < -0.4 is 11.5 Å². The summed E-state index contributed by atoms with van der Waals surface area (Å²) in [4.78, 5) is 0. The van der Waals surface area contributed by atoms with E-state index >= 15 is 0 Å². The first-order chi connectivity index (χ1) is 12.5. The van der Waals surface area contributed by atoms with Gasteiger partial charge in [-0.15, -0.1) is 0 Å². The predicted octanol–water partition coefficient (Wildman–Crippen LogP) is 5.54. The minimum absolute atomic E-state index is 0.455. The van der Waals surface area contributed by atoms with Gasteiger partial charge < -0.3 is 11.5 Å². The Morgan fingerprint density at radius 3 is 1.46 bits per heavy atom. The fourth-order valence-electron chi connectivity index (χ4n) is 3.56. The third-order valence-electron chi connectivity index (χ3n) is 5.03. The van der Waals surface area contributed by atoms with E-state index in [0.717, 1.165) is 24.2 Å². The summed E-state index contributed by atoms with van der Waals surface area (Å²) in [5.41, 5.74) is 18.8. The lowest BCUT2D eigenvalue weighted by atomic mass is 9.88. The molecule has 0 saturated heterocycles. The fourth-order valence-corrected chi connectivity index (χ4v) is 3.56. The molecule has 0 aliphatic heterocycles. The summed E-state index contributed by atoms with van der Waals surface area (Å²) in [6.07, 6.45) is 2.00. The Bertz CT molecular complexity index is 801. The van der Waals surface area contributed by atoms with E-state index in [1.807, 2.05) is 24.3 Å². The predicted molar refractivity (Wildman–Crippen MR) is 112 cm³/mol. The summed E-state index contributed by atoms with van der Waals surface area (Å²) in [5.74, 6) is 0.910. The first-order valence-corrected chi connectivity index (χ1v) is 9.30. The van der Waals surface area contributed by atoms with E-state index < -0.39 is 0 Å². The summed E-state index contributed by atoms with van der Waals surface area (Å²) in [5, 5.41) is 0. The highest BCUT2D eigenvalue weighted by molar-refractivity contribution is 5.42.